The number of hydrazone groups is 1. The second-order valence-corrected chi connectivity index (χ2v) is 7.51. The number of Topliss-reactive ketones (excluding diaryl/α,β-unsaturated/α-hetero) is 1. The molecule has 3 unspecified atom stereocenters. The topological polar surface area (TPSA) is 41.5 Å². The number of anilines is 1. The number of nitrogens with one attached hydrogen (secondary N) is 1. The predicted octanol–water partition coefficient (Wildman–Crippen LogP) is 4.66. The van der Waals surface area contributed by atoms with Crippen molar-refractivity contribution in [1.82, 2.24) is 0 Å². The molecule has 24 heavy (non-hydrogen) atoms. The minimum absolute atomic E-state index is 0.324. The molecule has 3 atom stereocenters. The zero-order chi connectivity index (χ0) is 17.8. The molecule has 0 spiro atoms. The smallest absolute Gasteiger partial charge is 0.298 e. The SMILES string of the molecule is CC12CCC(C(/C(=N/Nc3ccccc3)C(F)(F)F)C1=O)C2(C)C. The number of para-hydroxylation sites is 1. The summed E-state index contributed by atoms with van der Waals surface area (Å²) in [5.41, 5.74) is 0.762. The maximum atomic E-state index is 13.6. The number of hydrogen-bond acceptors (Lipinski definition) is 3. The van der Waals surface area contributed by atoms with Crippen LogP contribution in [0.15, 0.2) is 35.4 Å². The number of rotatable bonds is 3. The first-order valence-electron chi connectivity index (χ1n) is 8.09. The van der Waals surface area contributed by atoms with Gasteiger partial charge in [0.25, 0.3) is 0 Å². The Kier molecular flexibility index (Phi) is 3.77. The van der Waals surface area contributed by atoms with Gasteiger partial charge in [-0.15, -0.1) is 0 Å². The Balaban J connectivity index is 1.98. The van der Waals surface area contributed by atoms with Gasteiger partial charge in [-0.25, -0.2) is 0 Å². The van der Waals surface area contributed by atoms with Crippen LogP contribution in [0.1, 0.15) is 33.6 Å². The lowest BCUT2D eigenvalue weighted by atomic mass is 9.70. The Labute approximate surface area is 139 Å². The Morgan fingerprint density at radius 1 is 1.21 bits per heavy atom. The van der Waals surface area contributed by atoms with Crippen molar-refractivity contribution < 1.29 is 18.0 Å². The van der Waals surface area contributed by atoms with Gasteiger partial charge in [0.1, 0.15) is 5.78 Å². The number of fused-ring (bicyclic) bond motifs is 2. The Morgan fingerprint density at radius 3 is 2.33 bits per heavy atom. The van der Waals surface area contributed by atoms with Crippen molar-refractivity contribution in [1.29, 1.82) is 0 Å². The molecule has 2 aliphatic carbocycles. The molecule has 2 aliphatic rings. The van der Waals surface area contributed by atoms with Gasteiger partial charge in [0.15, 0.2) is 5.71 Å². The highest BCUT2D eigenvalue weighted by Gasteiger charge is 2.69. The molecule has 0 aliphatic heterocycles. The predicted molar refractivity (Wildman–Crippen MR) is 86.7 cm³/mol. The van der Waals surface area contributed by atoms with E-state index in [1.54, 1.807) is 37.3 Å². The van der Waals surface area contributed by atoms with E-state index >= 15 is 0 Å². The van der Waals surface area contributed by atoms with Crippen molar-refractivity contribution in [3.05, 3.63) is 30.3 Å². The summed E-state index contributed by atoms with van der Waals surface area (Å²) >= 11 is 0. The Hall–Kier alpha value is -1.85. The van der Waals surface area contributed by atoms with Gasteiger partial charge < -0.3 is 0 Å². The monoisotopic (exact) mass is 338 g/mol. The highest BCUT2D eigenvalue weighted by Crippen LogP contribution is 2.66. The fraction of sp³-hybridized carbons (Fsp3) is 0.556. The van der Waals surface area contributed by atoms with E-state index < -0.39 is 28.6 Å². The van der Waals surface area contributed by atoms with Crippen LogP contribution >= 0.6 is 0 Å². The maximum Gasteiger partial charge on any atom is 0.431 e. The highest BCUT2D eigenvalue weighted by molar-refractivity contribution is 6.12. The lowest BCUT2D eigenvalue weighted by molar-refractivity contribution is -0.131. The van der Waals surface area contributed by atoms with Crippen LogP contribution in [0.25, 0.3) is 0 Å². The van der Waals surface area contributed by atoms with Crippen LogP contribution in [0, 0.1) is 22.7 Å². The maximum absolute atomic E-state index is 13.6. The number of carbonyl (C=O) groups excluding carboxylic acids is 1. The van der Waals surface area contributed by atoms with E-state index in [1.165, 1.54) is 0 Å². The molecule has 3 nitrogen and oxygen atoms in total. The van der Waals surface area contributed by atoms with Gasteiger partial charge in [0.05, 0.1) is 11.6 Å². The number of benzene rings is 1. The van der Waals surface area contributed by atoms with Gasteiger partial charge in [-0.2, -0.15) is 18.3 Å². The van der Waals surface area contributed by atoms with Crippen LogP contribution in [0.5, 0.6) is 0 Å². The summed E-state index contributed by atoms with van der Waals surface area (Å²) in [6, 6.07) is 8.44. The van der Waals surface area contributed by atoms with E-state index in [9.17, 15) is 18.0 Å². The molecule has 2 fully saturated rings. The van der Waals surface area contributed by atoms with Crippen molar-refractivity contribution in [3.8, 4) is 0 Å². The van der Waals surface area contributed by atoms with E-state index in [4.69, 9.17) is 0 Å². The third-order valence-corrected chi connectivity index (χ3v) is 6.20. The number of halogens is 3. The first-order valence-corrected chi connectivity index (χ1v) is 8.09. The Bertz CT molecular complexity index is 681. The van der Waals surface area contributed by atoms with Crippen molar-refractivity contribution in [3.63, 3.8) is 0 Å². The Morgan fingerprint density at radius 2 is 1.83 bits per heavy atom. The quantitative estimate of drug-likeness (QED) is 0.643. The van der Waals surface area contributed by atoms with Gasteiger partial charge in [-0.05, 0) is 36.3 Å². The molecule has 0 radical (unpaired) electrons. The molecule has 2 saturated carbocycles. The van der Waals surface area contributed by atoms with E-state index in [0.29, 0.717) is 18.5 Å². The molecule has 130 valence electrons. The van der Waals surface area contributed by atoms with Crippen molar-refractivity contribution in [2.24, 2.45) is 27.8 Å². The van der Waals surface area contributed by atoms with Crippen LogP contribution < -0.4 is 5.43 Å². The zero-order valence-electron chi connectivity index (χ0n) is 13.9. The van der Waals surface area contributed by atoms with Crippen LogP contribution in [0.3, 0.4) is 0 Å². The molecular weight excluding hydrogens is 317 g/mol. The second kappa shape index (κ2) is 5.33. The lowest BCUT2D eigenvalue weighted by Crippen LogP contribution is -2.41. The zero-order valence-corrected chi connectivity index (χ0v) is 13.9. The summed E-state index contributed by atoms with van der Waals surface area (Å²) in [7, 11) is 0. The molecule has 1 aromatic carbocycles. The first kappa shape index (κ1) is 17.0. The molecule has 1 N–H and O–H groups in total. The molecule has 6 heteroatoms. The van der Waals surface area contributed by atoms with Crippen LogP contribution in [-0.2, 0) is 4.79 Å². The van der Waals surface area contributed by atoms with Gasteiger partial charge in [0.2, 0.25) is 0 Å². The van der Waals surface area contributed by atoms with Gasteiger partial charge in [0, 0.05) is 5.41 Å². The summed E-state index contributed by atoms with van der Waals surface area (Å²) in [4.78, 5) is 12.8. The molecule has 0 saturated heterocycles. The number of alkyl halides is 3. The van der Waals surface area contributed by atoms with E-state index in [2.05, 4.69) is 10.5 Å². The minimum atomic E-state index is -4.64. The molecule has 1 aromatic rings. The van der Waals surface area contributed by atoms with E-state index in [1.807, 2.05) is 13.8 Å². The number of carbonyl (C=O) groups is 1. The third-order valence-electron chi connectivity index (χ3n) is 6.20. The molecule has 2 bridgehead atoms. The molecule has 3 rings (SSSR count). The van der Waals surface area contributed by atoms with Crippen molar-refractivity contribution in [2.45, 2.75) is 39.8 Å². The summed E-state index contributed by atoms with van der Waals surface area (Å²) in [5.74, 6) is -1.84. The van der Waals surface area contributed by atoms with Crippen molar-refractivity contribution >= 4 is 17.2 Å². The van der Waals surface area contributed by atoms with E-state index in [-0.39, 0.29) is 11.7 Å². The summed E-state index contributed by atoms with van der Waals surface area (Å²) in [6.45, 7) is 5.61. The summed E-state index contributed by atoms with van der Waals surface area (Å²) < 4.78 is 40.9. The number of hydrogen-bond donors (Lipinski definition) is 1. The highest BCUT2D eigenvalue weighted by atomic mass is 19.4. The van der Waals surface area contributed by atoms with E-state index in [0.717, 1.165) is 0 Å². The van der Waals surface area contributed by atoms with Crippen LogP contribution in [-0.4, -0.2) is 17.7 Å². The molecular formula is C18H21F3N2O. The third kappa shape index (κ3) is 2.34. The summed E-state index contributed by atoms with van der Waals surface area (Å²) in [5, 5.41) is 3.63. The molecule has 0 amide bonds. The fourth-order valence-electron chi connectivity index (χ4n) is 4.35. The average Bonchev–Trinajstić information content (AvgIpc) is 2.81. The normalized spacial score (nSPS) is 32.2. The van der Waals surface area contributed by atoms with Gasteiger partial charge >= 0.3 is 6.18 Å². The van der Waals surface area contributed by atoms with Crippen molar-refractivity contribution in [2.75, 3.05) is 5.43 Å². The minimum Gasteiger partial charge on any atom is -0.298 e. The average molecular weight is 338 g/mol. The standard InChI is InChI=1S/C18H21F3N2O/c1-16(2)12-9-10-17(16,3)15(24)13(12)14(18(19,20)21)23-22-11-7-5-4-6-8-11/h4-8,12-13,22H,9-10H2,1-3H3/b23-14-. The fourth-order valence-corrected chi connectivity index (χ4v) is 4.35. The second-order valence-electron chi connectivity index (χ2n) is 7.51. The first-order chi connectivity index (χ1) is 11.1. The largest absolute Gasteiger partial charge is 0.431 e. The number of ketones is 1. The summed E-state index contributed by atoms with van der Waals surface area (Å²) in [6.07, 6.45) is -3.36. The lowest BCUT2D eigenvalue weighted by Gasteiger charge is -2.32. The number of nitrogens with zero attached hydrogens (tertiary/aromatic N) is 1. The molecule has 0 heterocycles. The van der Waals surface area contributed by atoms with Gasteiger partial charge in [-0.1, -0.05) is 39.0 Å². The molecule has 0 aromatic heterocycles. The van der Waals surface area contributed by atoms with Gasteiger partial charge in [-0.3, -0.25) is 10.2 Å². The van der Waals surface area contributed by atoms with Crippen LogP contribution in [0.4, 0.5) is 18.9 Å². The van der Waals surface area contributed by atoms with Crippen LogP contribution in [0.2, 0.25) is 0 Å².